The summed E-state index contributed by atoms with van der Waals surface area (Å²) in [5.74, 6) is 1.89. The standard InChI is InChI=1S/C49H30N4/c1-2-15-32(16-3-1)47-50-48(34-27-26-31-14-4-5-17-33(31)28-34)52-49(51-47)43-29-41-37-20-8-6-18-35(37)36-19-7-9-21-38(36)42(41)30-46(43)53-44-24-12-10-22-39(44)40-23-11-13-25-45(40)53/h1-30H. The second kappa shape index (κ2) is 11.7. The largest absolute Gasteiger partial charge is 0.308 e. The molecule has 11 aromatic rings. The van der Waals surface area contributed by atoms with Crippen LogP contribution in [0.1, 0.15) is 0 Å². The van der Waals surface area contributed by atoms with Crippen molar-refractivity contribution < 1.29 is 0 Å². The first-order chi connectivity index (χ1) is 26.3. The summed E-state index contributed by atoms with van der Waals surface area (Å²) in [6.45, 7) is 0. The first-order valence-corrected chi connectivity index (χ1v) is 18.0. The number of hydrogen-bond donors (Lipinski definition) is 0. The lowest BCUT2D eigenvalue weighted by Crippen LogP contribution is -2.04. The lowest BCUT2D eigenvalue weighted by atomic mass is 9.92. The van der Waals surface area contributed by atoms with Gasteiger partial charge in [0.25, 0.3) is 0 Å². The third-order valence-electron chi connectivity index (χ3n) is 10.6. The van der Waals surface area contributed by atoms with Gasteiger partial charge in [0.1, 0.15) is 0 Å². The Hall–Kier alpha value is -7.17. The van der Waals surface area contributed by atoms with Crippen LogP contribution in [-0.2, 0) is 0 Å². The molecule has 0 spiro atoms. The van der Waals surface area contributed by atoms with Gasteiger partial charge in [0.2, 0.25) is 0 Å². The van der Waals surface area contributed by atoms with Crippen molar-refractivity contribution in [1.82, 2.24) is 19.5 Å². The highest BCUT2D eigenvalue weighted by molar-refractivity contribution is 6.26. The number of hydrogen-bond acceptors (Lipinski definition) is 3. The second-order valence-corrected chi connectivity index (χ2v) is 13.6. The monoisotopic (exact) mass is 674 g/mol. The number of fused-ring (bicyclic) bond motifs is 10. The molecule has 0 bridgehead atoms. The van der Waals surface area contributed by atoms with Crippen LogP contribution in [0, 0.1) is 0 Å². The zero-order valence-corrected chi connectivity index (χ0v) is 28.6. The summed E-state index contributed by atoms with van der Waals surface area (Å²) in [7, 11) is 0. The van der Waals surface area contributed by atoms with E-state index in [0.29, 0.717) is 17.5 Å². The lowest BCUT2D eigenvalue weighted by Gasteiger charge is -2.18. The topological polar surface area (TPSA) is 43.6 Å². The van der Waals surface area contributed by atoms with Gasteiger partial charge < -0.3 is 4.57 Å². The van der Waals surface area contributed by atoms with E-state index in [1.54, 1.807) is 0 Å². The number of nitrogens with zero attached hydrogens (tertiary/aromatic N) is 4. The zero-order chi connectivity index (χ0) is 34.9. The Bertz CT molecular complexity index is 3180. The van der Waals surface area contributed by atoms with E-state index in [0.717, 1.165) is 44.2 Å². The number of aromatic nitrogens is 4. The van der Waals surface area contributed by atoms with Crippen molar-refractivity contribution in [1.29, 1.82) is 0 Å². The Labute approximate surface area is 305 Å². The fraction of sp³-hybridized carbons (Fsp3) is 0. The molecular formula is C49H30N4. The molecule has 4 nitrogen and oxygen atoms in total. The van der Waals surface area contributed by atoms with Crippen LogP contribution in [0.2, 0.25) is 0 Å². The van der Waals surface area contributed by atoms with Gasteiger partial charge >= 0.3 is 0 Å². The molecule has 2 heterocycles. The molecule has 2 aromatic heterocycles. The van der Waals surface area contributed by atoms with Crippen LogP contribution in [-0.4, -0.2) is 19.5 Å². The van der Waals surface area contributed by atoms with Gasteiger partial charge in [-0.25, -0.2) is 15.0 Å². The third kappa shape index (κ3) is 4.66. The fourth-order valence-corrected chi connectivity index (χ4v) is 8.16. The van der Waals surface area contributed by atoms with E-state index < -0.39 is 0 Å². The van der Waals surface area contributed by atoms with Gasteiger partial charge in [0, 0.05) is 27.5 Å². The van der Waals surface area contributed by atoms with E-state index in [-0.39, 0.29) is 0 Å². The van der Waals surface area contributed by atoms with Crippen LogP contribution in [0.15, 0.2) is 182 Å². The Balaban J connectivity index is 1.30. The van der Waals surface area contributed by atoms with Gasteiger partial charge in [-0.3, -0.25) is 0 Å². The molecule has 0 atom stereocenters. The van der Waals surface area contributed by atoms with E-state index in [9.17, 15) is 0 Å². The Morgan fingerprint density at radius 1 is 0.302 bits per heavy atom. The Morgan fingerprint density at radius 3 is 1.42 bits per heavy atom. The molecule has 0 saturated heterocycles. The van der Waals surface area contributed by atoms with Gasteiger partial charge in [-0.2, -0.15) is 0 Å². The summed E-state index contributed by atoms with van der Waals surface area (Å²) >= 11 is 0. The summed E-state index contributed by atoms with van der Waals surface area (Å²) in [5, 5.41) is 11.9. The molecule has 0 radical (unpaired) electrons. The summed E-state index contributed by atoms with van der Waals surface area (Å²) in [6.07, 6.45) is 0. The lowest BCUT2D eigenvalue weighted by molar-refractivity contribution is 1.07. The van der Waals surface area contributed by atoms with Crippen LogP contribution < -0.4 is 0 Å². The molecule has 11 rings (SSSR count). The average Bonchev–Trinajstić information content (AvgIpc) is 3.57. The smallest absolute Gasteiger partial charge is 0.166 e. The molecule has 0 amide bonds. The minimum absolute atomic E-state index is 0.623. The fourth-order valence-electron chi connectivity index (χ4n) is 8.16. The molecule has 0 unspecified atom stereocenters. The number of benzene rings is 9. The molecule has 0 aliphatic heterocycles. The van der Waals surface area contributed by atoms with Crippen LogP contribution in [0.4, 0.5) is 0 Å². The van der Waals surface area contributed by atoms with Gasteiger partial charge in [-0.1, -0.05) is 152 Å². The van der Waals surface area contributed by atoms with Crippen LogP contribution in [0.3, 0.4) is 0 Å². The first kappa shape index (κ1) is 29.5. The minimum atomic E-state index is 0.623. The predicted molar refractivity (Wildman–Crippen MR) is 220 cm³/mol. The van der Waals surface area contributed by atoms with Gasteiger partial charge in [0.15, 0.2) is 17.5 Å². The van der Waals surface area contributed by atoms with Crippen molar-refractivity contribution in [2.24, 2.45) is 0 Å². The van der Waals surface area contributed by atoms with Crippen molar-refractivity contribution in [3.8, 4) is 39.9 Å². The maximum Gasteiger partial charge on any atom is 0.166 e. The van der Waals surface area contributed by atoms with E-state index in [1.807, 2.05) is 18.2 Å². The van der Waals surface area contributed by atoms with Crippen molar-refractivity contribution in [2.45, 2.75) is 0 Å². The van der Waals surface area contributed by atoms with Crippen molar-refractivity contribution >= 4 is 64.9 Å². The van der Waals surface area contributed by atoms with Gasteiger partial charge in [-0.05, 0) is 73.4 Å². The molecule has 0 aliphatic rings. The van der Waals surface area contributed by atoms with E-state index in [4.69, 9.17) is 15.0 Å². The van der Waals surface area contributed by atoms with Crippen LogP contribution in [0.5, 0.6) is 0 Å². The predicted octanol–water partition coefficient (Wildman–Crippen LogP) is 12.6. The van der Waals surface area contributed by atoms with Crippen molar-refractivity contribution in [3.63, 3.8) is 0 Å². The highest BCUT2D eigenvalue weighted by Crippen LogP contribution is 2.42. The summed E-state index contributed by atoms with van der Waals surface area (Å²) in [5.41, 5.74) is 6.10. The second-order valence-electron chi connectivity index (χ2n) is 13.6. The highest BCUT2D eigenvalue weighted by atomic mass is 15.1. The normalized spacial score (nSPS) is 11.8. The SMILES string of the molecule is c1ccc(-c2nc(-c3ccc4ccccc4c3)nc(-c3cc4c5ccccc5c5ccccc5c4cc3-n3c4ccccc4c4ccccc43)n2)cc1. The summed E-state index contributed by atoms with van der Waals surface area (Å²) < 4.78 is 2.39. The van der Waals surface area contributed by atoms with Crippen molar-refractivity contribution in [3.05, 3.63) is 182 Å². The molecule has 0 fully saturated rings. The molecule has 0 saturated carbocycles. The maximum absolute atomic E-state index is 5.35. The Morgan fingerprint density at radius 2 is 0.774 bits per heavy atom. The quantitative estimate of drug-likeness (QED) is 0.175. The van der Waals surface area contributed by atoms with Crippen LogP contribution in [0.25, 0.3) is 105 Å². The van der Waals surface area contributed by atoms with Gasteiger partial charge in [-0.15, -0.1) is 0 Å². The number of rotatable bonds is 4. The molecule has 0 aliphatic carbocycles. The van der Waals surface area contributed by atoms with Gasteiger partial charge in [0.05, 0.1) is 16.7 Å². The minimum Gasteiger partial charge on any atom is -0.308 e. The van der Waals surface area contributed by atoms with E-state index in [1.165, 1.54) is 43.1 Å². The molecule has 9 aromatic carbocycles. The van der Waals surface area contributed by atoms with E-state index >= 15 is 0 Å². The van der Waals surface area contributed by atoms with E-state index in [2.05, 4.69) is 168 Å². The third-order valence-corrected chi connectivity index (χ3v) is 10.6. The molecule has 246 valence electrons. The zero-order valence-electron chi connectivity index (χ0n) is 28.6. The molecule has 4 heteroatoms. The highest BCUT2D eigenvalue weighted by Gasteiger charge is 2.22. The Kier molecular flexibility index (Phi) is 6.52. The first-order valence-electron chi connectivity index (χ1n) is 18.0. The summed E-state index contributed by atoms with van der Waals surface area (Å²) in [6, 6.07) is 64.6. The number of para-hydroxylation sites is 2. The molecule has 0 N–H and O–H groups in total. The summed E-state index contributed by atoms with van der Waals surface area (Å²) in [4.78, 5) is 15.8. The maximum atomic E-state index is 5.35. The van der Waals surface area contributed by atoms with Crippen molar-refractivity contribution in [2.75, 3.05) is 0 Å². The van der Waals surface area contributed by atoms with Crippen LogP contribution >= 0.6 is 0 Å². The molecule has 53 heavy (non-hydrogen) atoms. The molecular weight excluding hydrogens is 645 g/mol. The average molecular weight is 675 g/mol.